The Labute approximate surface area is 109 Å². The highest BCUT2D eigenvalue weighted by Crippen LogP contribution is 2.14. The number of halogens is 2. The van der Waals surface area contributed by atoms with Crippen molar-refractivity contribution in [2.24, 2.45) is 0 Å². The van der Waals surface area contributed by atoms with Crippen molar-refractivity contribution in [1.29, 1.82) is 0 Å². The molecule has 0 saturated heterocycles. The third-order valence-electron chi connectivity index (χ3n) is 2.40. The van der Waals surface area contributed by atoms with Gasteiger partial charge in [-0.25, -0.2) is 8.78 Å². The van der Waals surface area contributed by atoms with Gasteiger partial charge < -0.3 is 15.5 Å². The van der Waals surface area contributed by atoms with Gasteiger partial charge in [0.05, 0.1) is 25.4 Å². The minimum absolute atomic E-state index is 0.0993. The van der Waals surface area contributed by atoms with E-state index in [9.17, 15) is 13.6 Å². The first-order chi connectivity index (χ1) is 9.06. The van der Waals surface area contributed by atoms with Crippen LogP contribution in [0, 0.1) is 11.6 Å². The van der Waals surface area contributed by atoms with E-state index in [2.05, 4.69) is 5.32 Å². The zero-order valence-electron chi connectivity index (χ0n) is 10.3. The molecule has 0 aliphatic rings. The molecule has 1 amide bonds. The summed E-state index contributed by atoms with van der Waals surface area (Å²) in [5, 5.41) is 19.9. The Bertz CT molecular complexity index is 423. The van der Waals surface area contributed by atoms with Crippen molar-refractivity contribution < 1.29 is 23.8 Å². The van der Waals surface area contributed by atoms with Crippen LogP contribution < -0.4 is 5.32 Å². The number of hydrogen-bond donors (Lipinski definition) is 3. The number of nitrogens with one attached hydrogen (secondary N) is 1. The Hall–Kier alpha value is -1.57. The second-order valence-electron chi connectivity index (χ2n) is 3.90. The fourth-order valence-corrected chi connectivity index (χ4v) is 1.54. The number of hydrogen-bond acceptors (Lipinski definition) is 4. The van der Waals surface area contributed by atoms with Gasteiger partial charge >= 0.3 is 0 Å². The molecule has 106 valence electrons. The quantitative estimate of drug-likeness (QED) is 0.663. The normalized spacial score (nSPS) is 10.8. The van der Waals surface area contributed by atoms with Gasteiger partial charge in [-0.05, 0) is 12.1 Å². The minimum Gasteiger partial charge on any atom is -0.395 e. The van der Waals surface area contributed by atoms with Crippen molar-refractivity contribution in [2.45, 2.75) is 0 Å². The highest BCUT2D eigenvalue weighted by atomic mass is 19.1. The first-order valence-corrected chi connectivity index (χ1v) is 5.75. The zero-order chi connectivity index (χ0) is 14.3. The van der Waals surface area contributed by atoms with Crippen LogP contribution in [0.4, 0.5) is 14.5 Å². The highest BCUT2D eigenvalue weighted by Gasteiger charge is 2.12. The molecule has 3 N–H and O–H groups in total. The largest absolute Gasteiger partial charge is 0.395 e. The molecule has 0 fully saturated rings. The van der Waals surface area contributed by atoms with Crippen LogP contribution in [0.2, 0.25) is 0 Å². The Balaban J connectivity index is 2.58. The summed E-state index contributed by atoms with van der Waals surface area (Å²) in [6, 6.07) is 2.84. The molecule has 0 bridgehead atoms. The van der Waals surface area contributed by atoms with Crippen molar-refractivity contribution >= 4 is 11.6 Å². The van der Waals surface area contributed by atoms with Gasteiger partial charge in [-0.2, -0.15) is 0 Å². The molecule has 0 unspecified atom stereocenters. The molecule has 1 aromatic rings. The third kappa shape index (κ3) is 5.29. The third-order valence-corrected chi connectivity index (χ3v) is 2.40. The van der Waals surface area contributed by atoms with Crippen LogP contribution in [-0.4, -0.2) is 53.9 Å². The maximum absolute atomic E-state index is 13.3. The van der Waals surface area contributed by atoms with Crippen LogP contribution in [0.3, 0.4) is 0 Å². The lowest BCUT2D eigenvalue weighted by Gasteiger charge is -2.19. The molecule has 0 aliphatic heterocycles. The fourth-order valence-electron chi connectivity index (χ4n) is 1.54. The predicted octanol–water partition coefficient (Wildman–Crippen LogP) is 0.190. The Morgan fingerprint density at radius 3 is 2.37 bits per heavy atom. The number of nitrogens with zero attached hydrogens (tertiary/aromatic N) is 1. The van der Waals surface area contributed by atoms with Crippen molar-refractivity contribution in [2.75, 3.05) is 38.2 Å². The molecule has 0 aromatic heterocycles. The van der Waals surface area contributed by atoms with Gasteiger partial charge in [0.1, 0.15) is 11.6 Å². The monoisotopic (exact) mass is 274 g/mol. The predicted molar refractivity (Wildman–Crippen MR) is 65.6 cm³/mol. The van der Waals surface area contributed by atoms with E-state index in [1.165, 1.54) is 4.90 Å². The van der Waals surface area contributed by atoms with E-state index < -0.39 is 17.5 Å². The van der Waals surface area contributed by atoms with Crippen molar-refractivity contribution in [3.63, 3.8) is 0 Å². The molecular formula is C12H16F2N2O3. The Morgan fingerprint density at radius 2 is 1.84 bits per heavy atom. The van der Waals surface area contributed by atoms with Crippen molar-refractivity contribution in [1.82, 2.24) is 4.90 Å². The summed E-state index contributed by atoms with van der Waals surface area (Å²) in [6.45, 7) is 0.0358. The molecule has 19 heavy (non-hydrogen) atoms. The molecule has 5 nitrogen and oxygen atoms in total. The second kappa shape index (κ2) is 7.78. The Morgan fingerprint density at radius 1 is 1.21 bits per heavy atom. The molecule has 0 heterocycles. The van der Waals surface area contributed by atoms with Crippen LogP contribution >= 0.6 is 0 Å². The van der Waals surface area contributed by atoms with Crippen LogP contribution in [0.15, 0.2) is 18.2 Å². The lowest BCUT2D eigenvalue weighted by molar-refractivity contribution is -0.117. The standard InChI is InChI=1S/C12H16F2N2O3/c13-9-1-2-11(10(14)7-9)15-12(19)8-16(3-5-17)4-6-18/h1-2,7,17-18H,3-6,8H2,(H,15,19). The molecule has 1 aromatic carbocycles. The molecule has 0 saturated carbocycles. The minimum atomic E-state index is -0.857. The van der Waals surface area contributed by atoms with E-state index in [1.807, 2.05) is 0 Å². The lowest BCUT2D eigenvalue weighted by Crippen LogP contribution is -2.37. The summed E-state index contributed by atoms with van der Waals surface area (Å²) < 4.78 is 26.0. The number of aliphatic hydroxyl groups is 2. The van der Waals surface area contributed by atoms with Crippen LogP contribution in [-0.2, 0) is 4.79 Å². The maximum atomic E-state index is 13.3. The molecule has 7 heteroatoms. The van der Waals surface area contributed by atoms with Crippen molar-refractivity contribution in [3.05, 3.63) is 29.8 Å². The number of carbonyl (C=O) groups is 1. The number of carbonyl (C=O) groups excluding carboxylic acids is 1. The number of benzene rings is 1. The first kappa shape index (κ1) is 15.5. The molecule has 0 atom stereocenters. The highest BCUT2D eigenvalue weighted by molar-refractivity contribution is 5.92. The SMILES string of the molecule is O=C(CN(CCO)CCO)Nc1ccc(F)cc1F. The van der Waals surface area contributed by atoms with E-state index in [0.717, 1.165) is 12.1 Å². The smallest absolute Gasteiger partial charge is 0.238 e. The fraction of sp³-hybridized carbons (Fsp3) is 0.417. The van der Waals surface area contributed by atoms with Gasteiger partial charge in [-0.15, -0.1) is 0 Å². The van der Waals surface area contributed by atoms with Gasteiger partial charge in [-0.3, -0.25) is 9.69 Å². The summed E-state index contributed by atoms with van der Waals surface area (Å²) >= 11 is 0. The van der Waals surface area contributed by atoms with Gasteiger partial charge in [0.15, 0.2) is 0 Å². The van der Waals surface area contributed by atoms with Crippen molar-refractivity contribution in [3.8, 4) is 0 Å². The lowest BCUT2D eigenvalue weighted by atomic mass is 10.3. The summed E-state index contributed by atoms with van der Waals surface area (Å²) in [5.41, 5.74) is -0.112. The summed E-state index contributed by atoms with van der Waals surface area (Å²) in [5.74, 6) is -2.09. The van der Waals surface area contributed by atoms with Gasteiger partial charge in [-0.1, -0.05) is 0 Å². The van der Waals surface area contributed by atoms with Crippen LogP contribution in [0.5, 0.6) is 0 Å². The average molecular weight is 274 g/mol. The van der Waals surface area contributed by atoms with E-state index in [1.54, 1.807) is 0 Å². The van der Waals surface area contributed by atoms with Gasteiger partial charge in [0.2, 0.25) is 5.91 Å². The van der Waals surface area contributed by atoms with E-state index in [0.29, 0.717) is 6.07 Å². The topological polar surface area (TPSA) is 72.8 Å². The van der Waals surface area contributed by atoms with Gasteiger partial charge in [0, 0.05) is 19.2 Å². The number of rotatable bonds is 7. The average Bonchev–Trinajstić information content (AvgIpc) is 2.33. The molecule has 0 spiro atoms. The summed E-state index contributed by atoms with van der Waals surface area (Å²) in [7, 11) is 0. The molecular weight excluding hydrogens is 258 g/mol. The van der Waals surface area contributed by atoms with E-state index >= 15 is 0 Å². The van der Waals surface area contributed by atoms with E-state index in [-0.39, 0.29) is 38.5 Å². The second-order valence-corrected chi connectivity index (χ2v) is 3.90. The first-order valence-electron chi connectivity index (χ1n) is 5.75. The van der Waals surface area contributed by atoms with Crippen LogP contribution in [0.1, 0.15) is 0 Å². The summed E-state index contributed by atoms with van der Waals surface area (Å²) in [4.78, 5) is 13.1. The summed E-state index contributed by atoms with van der Waals surface area (Å²) in [6.07, 6.45) is 0. The number of aliphatic hydroxyl groups excluding tert-OH is 2. The number of amides is 1. The van der Waals surface area contributed by atoms with E-state index in [4.69, 9.17) is 10.2 Å². The number of anilines is 1. The molecule has 0 aliphatic carbocycles. The zero-order valence-corrected chi connectivity index (χ0v) is 10.3. The van der Waals surface area contributed by atoms with Crippen LogP contribution in [0.25, 0.3) is 0 Å². The molecule has 0 radical (unpaired) electrons. The van der Waals surface area contributed by atoms with Gasteiger partial charge in [0.25, 0.3) is 0 Å². The molecule has 1 rings (SSSR count). The Kier molecular flexibility index (Phi) is 6.34. The maximum Gasteiger partial charge on any atom is 0.238 e.